The van der Waals surface area contributed by atoms with E-state index in [-0.39, 0.29) is 11.9 Å². The highest BCUT2D eigenvalue weighted by Gasteiger charge is 2.21. The van der Waals surface area contributed by atoms with Crippen molar-refractivity contribution in [2.24, 2.45) is 5.92 Å². The Balaban J connectivity index is 2.02. The summed E-state index contributed by atoms with van der Waals surface area (Å²) in [6.07, 6.45) is 0.360. The lowest BCUT2D eigenvalue weighted by Crippen LogP contribution is -2.39. The number of hydrogen-bond donors (Lipinski definition) is 1. The molecule has 24 heavy (non-hydrogen) atoms. The minimum absolute atomic E-state index is 0.00256. The molecule has 0 bridgehead atoms. The number of benzene rings is 2. The van der Waals surface area contributed by atoms with E-state index >= 15 is 0 Å². The average Bonchev–Trinajstić information content (AvgIpc) is 2.56. The number of hydrogen-bond acceptors (Lipinski definition) is 2. The van der Waals surface area contributed by atoms with E-state index < -0.39 is 6.10 Å². The molecule has 0 unspecified atom stereocenters. The number of rotatable bonds is 7. The van der Waals surface area contributed by atoms with E-state index in [1.54, 1.807) is 6.92 Å². The minimum Gasteiger partial charge on any atom is -0.481 e. The first-order chi connectivity index (χ1) is 11.5. The molecule has 2 atom stereocenters. The zero-order valence-corrected chi connectivity index (χ0v) is 15.0. The molecule has 0 aliphatic rings. The van der Waals surface area contributed by atoms with Crippen molar-refractivity contribution in [3.05, 3.63) is 65.7 Å². The van der Waals surface area contributed by atoms with E-state index in [4.69, 9.17) is 4.74 Å². The lowest BCUT2D eigenvalue weighted by atomic mass is 9.97. The van der Waals surface area contributed by atoms with Crippen LogP contribution in [0.5, 0.6) is 5.75 Å². The van der Waals surface area contributed by atoms with Gasteiger partial charge in [0.1, 0.15) is 5.75 Å². The van der Waals surface area contributed by atoms with Gasteiger partial charge in [0.25, 0.3) is 5.91 Å². The molecule has 1 N–H and O–H groups in total. The van der Waals surface area contributed by atoms with Crippen LogP contribution < -0.4 is 10.1 Å². The van der Waals surface area contributed by atoms with Crippen molar-refractivity contribution >= 4 is 5.91 Å². The van der Waals surface area contributed by atoms with Crippen LogP contribution in [0.25, 0.3) is 0 Å². The standard InChI is InChI=1S/C21H27NO2/c1-15(2)14-20(18-8-6-5-7-9-18)22-21(23)17(4)24-19-12-10-16(3)11-13-19/h5-13,15,17,20H,14H2,1-4H3,(H,22,23)/t17-,20+/m1/s1. The number of amides is 1. The number of aryl methyl sites for hydroxylation is 1. The molecule has 2 aromatic rings. The first-order valence-electron chi connectivity index (χ1n) is 8.54. The third-order valence-electron chi connectivity index (χ3n) is 3.93. The molecular formula is C21H27NO2. The Morgan fingerprint density at radius 1 is 1.00 bits per heavy atom. The fourth-order valence-electron chi connectivity index (χ4n) is 2.60. The predicted molar refractivity (Wildman–Crippen MR) is 98.0 cm³/mol. The van der Waals surface area contributed by atoms with Crippen LogP contribution in [0, 0.1) is 12.8 Å². The number of carbonyl (C=O) groups is 1. The molecule has 3 heteroatoms. The quantitative estimate of drug-likeness (QED) is 0.803. The summed E-state index contributed by atoms with van der Waals surface area (Å²) in [7, 11) is 0. The third kappa shape index (κ3) is 5.41. The molecule has 0 saturated carbocycles. The zero-order valence-electron chi connectivity index (χ0n) is 15.0. The Labute approximate surface area is 145 Å². The molecule has 0 aromatic heterocycles. The van der Waals surface area contributed by atoms with Crippen molar-refractivity contribution in [3.63, 3.8) is 0 Å². The molecule has 0 radical (unpaired) electrons. The van der Waals surface area contributed by atoms with Crippen LogP contribution in [0.2, 0.25) is 0 Å². The number of ether oxygens (including phenoxy) is 1. The monoisotopic (exact) mass is 325 g/mol. The molecule has 0 aliphatic heterocycles. The van der Waals surface area contributed by atoms with E-state index in [1.807, 2.05) is 49.4 Å². The lowest BCUT2D eigenvalue weighted by Gasteiger charge is -2.23. The predicted octanol–water partition coefficient (Wildman–Crippen LogP) is 4.67. The van der Waals surface area contributed by atoms with Crippen LogP contribution in [0.4, 0.5) is 0 Å². The van der Waals surface area contributed by atoms with Gasteiger partial charge in [0.05, 0.1) is 6.04 Å². The molecule has 0 spiro atoms. The maximum atomic E-state index is 12.5. The van der Waals surface area contributed by atoms with Crippen molar-refractivity contribution < 1.29 is 9.53 Å². The molecule has 0 saturated heterocycles. The van der Waals surface area contributed by atoms with Gasteiger partial charge >= 0.3 is 0 Å². The Morgan fingerprint density at radius 2 is 1.62 bits per heavy atom. The second kappa shape index (κ2) is 8.53. The highest BCUT2D eigenvalue weighted by Crippen LogP contribution is 2.21. The maximum Gasteiger partial charge on any atom is 0.261 e. The first-order valence-corrected chi connectivity index (χ1v) is 8.54. The van der Waals surface area contributed by atoms with Gasteiger partial charge in [-0.15, -0.1) is 0 Å². The summed E-state index contributed by atoms with van der Waals surface area (Å²) in [5.74, 6) is 1.11. The molecule has 0 heterocycles. The number of nitrogens with one attached hydrogen (secondary N) is 1. The molecule has 0 fully saturated rings. The second-order valence-electron chi connectivity index (χ2n) is 6.67. The van der Waals surface area contributed by atoms with Crippen LogP contribution >= 0.6 is 0 Å². The van der Waals surface area contributed by atoms with Crippen molar-refractivity contribution in [1.29, 1.82) is 0 Å². The van der Waals surface area contributed by atoms with E-state index in [2.05, 4.69) is 31.3 Å². The van der Waals surface area contributed by atoms with Gasteiger partial charge in [-0.1, -0.05) is 61.9 Å². The van der Waals surface area contributed by atoms with Gasteiger partial charge in [-0.3, -0.25) is 4.79 Å². The summed E-state index contributed by atoms with van der Waals surface area (Å²) in [4.78, 5) is 12.5. The minimum atomic E-state index is -0.536. The lowest BCUT2D eigenvalue weighted by molar-refractivity contribution is -0.128. The fraction of sp³-hybridized carbons (Fsp3) is 0.381. The average molecular weight is 325 g/mol. The van der Waals surface area contributed by atoms with Crippen LogP contribution in [0.1, 0.15) is 44.4 Å². The van der Waals surface area contributed by atoms with Gasteiger partial charge in [-0.05, 0) is 43.9 Å². The molecular weight excluding hydrogens is 298 g/mol. The van der Waals surface area contributed by atoms with Crippen molar-refractivity contribution in [2.45, 2.75) is 46.3 Å². The van der Waals surface area contributed by atoms with Gasteiger partial charge in [0, 0.05) is 0 Å². The van der Waals surface area contributed by atoms with Crippen molar-refractivity contribution in [3.8, 4) is 5.75 Å². The molecule has 2 aromatic carbocycles. The zero-order chi connectivity index (χ0) is 17.5. The summed E-state index contributed by atoms with van der Waals surface area (Å²) in [6.45, 7) is 8.13. The first kappa shape index (κ1) is 18.1. The Bertz CT molecular complexity index is 635. The molecule has 0 aliphatic carbocycles. The SMILES string of the molecule is Cc1ccc(O[C@H](C)C(=O)N[C@@H](CC(C)C)c2ccccc2)cc1. The fourth-order valence-corrected chi connectivity index (χ4v) is 2.60. The molecule has 3 nitrogen and oxygen atoms in total. The van der Waals surface area contributed by atoms with E-state index in [0.717, 1.165) is 12.0 Å². The van der Waals surface area contributed by atoms with Gasteiger partial charge in [-0.25, -0.2) is 0 Å². The highest BCUT2D eigenvalue weighted by atomic mass is 16.5. The summed E-state index contributed by atoms with van der Waals surface area (Å²) in [6, 6.07) is 17.8. The van der Waals surface area contributed by atoms with Crippen molar-refractivity contribution in [2.75, 3.05) is 0 Å². The maximum absolute atomic E-state index is 12.5. The smallest absolute Gasteiger partial charge is 0.261 e. The number of carbonyl (C=O) groups excluding carboxylic acids is 1. The largest absolute Gasteiger partial charge is 0.481 e. The summed E-state index contributed by atoms with van der Waals surface area (Å²) < 4.78 is 5.76. The Morgan fingerprint density at radius 3 is 2.21 bits per heavy atom. The second-order valence-corrected chi connectivity index (χ2v) is 6.67. The van der Waals surface area contributed by atoms with Gasteiger partial charge in [0.2, 0.25) is 0 Å². The highest BCUT2D eigenvalue weighted by molar-refractivity contribution is 5.81. The van der Waals surface area contributed by atoms with Gasteiger partial charge < -0.3 is 10.1 Å². The molecule has 2 rings (SSSR count). The van der Waals surface area contributed by atoms with E-state index in [0.29, 0.717) is 11.7 Å². The Hall–Kier alpha value is -2.29. The van der Waals surface area contributed by atoms with Crippen LogP contribution in [0.3, 0.4) is 0 Å². The van der Waals surface area contributed by atoms with E-state index in [1.165, 1.54) is 5.56 Å². The molecule has 1 amide bonds. The molecule has 128 valence electrons. The topological polar surface area (TPSA) is 38.3 Å². The van der Waals surface area contributed by atoms with Gasteiger partial charge in [0.15, 0.2) is 6.10 Å². The van der Waals surface area contributed by atoms with E-state index in [9.17, 15) is 4.79 Å². The van der Waals surface area contributed by atoms with Crippen molar-refractivity contribution in [1.82, 2.24) is 5.32 Å². The van der Waals surface area contributed by atoms with Crippen LogP contribution in [0.15, 0.2) is 54.6 Å². The summed E-state index contributed by atoms with van der Waals surface area (Å²) >= 11 is 0. The normalized spacial score (nSPS) is 13.4. The third-order valence-corrected chi connectivity index (χ3v) is 3.93. The summed E-state index contributed by atoms with van der Waals surface area (Å²) in [5, 5.41) is 3.13. The Kier molecular flexibility index (Phi) is 6.42. The summed E-state index contributed by atoms with van der Waals surface area (Å²) in [5.41, 5.74) is 2.29. The van der Waals surface area contributed by atoms with Gasteiger partial charge in [-0.2, -0.15) is 0 Å². The van der Waals surface area contributed by atoms with Crippen LogP contribution in [-0.2, 0) is 4.79 Å². The van der Waals surface area contributed by atoms with Crippen LogP contribution in [-0.4, -0.2) is 12.0 Å².